The van der Waals surface area contributed by atoms with Crippen LogP contribution in [-0.4, -0.2) is 52.2 Å². The van der Waals surface area contributed by atoms with Crippen molar-refractivity contribution >= 4 is 40.9 Å². The second kappa shape index (κ2) is 5.68. The Hall–Kier alpha value is -1.80. The number of carboxylic acid groups (broad SMARTS) is 2. The van der Waals surface area contributed by atoms with Gasteiger partial charge < -0.3 is 20.4 Å². The standard InChI is InChI=1S/C11H11ClN2O5S/c12-8-2-1-7(20-8)9(15)13-6-4-14(11(18)19)3-5(6)10(16)17/h1-2,5-6H,3-4H2,(H,13,15)(H,16,17)(H,18,19)/t5-,6-/m0/s1. The number of rotatable bonds is 3. The van der Waals surface area contributed by atoms with Crippen LogP contribution in [0.1, 0.15) is 9.67 Å². The first-order chi connectivity index (χ1) is 9.38. The van der Waals surface area contributed by atoms with Crippen LogP contribution in [0.4, 0.5) is 4.79 Å². The number of nitrogens with zero attached hydrogens (tertiary/aromatic N) is 1. The zero-order valence-corrected chi connectivity index (χ0v) is 11.6. The number of thiophene rings is 1. The molecule has 1 aromatic rings. The predicted octanol–water partition coefficient (Wildman–Crippen LogP) is 1.19. The highest BCUT2D eigenvalue weighted by Gasteiger charge is 2.40. The molecular weight excluding hydrogens is 308 g/mol. The molecule has 0 aromatic carbocycles. The summed E-state index contributed by atoms with van der Waals surface area (Å²) >= 11 is 6.80. The molecule has 2 amide bonds. The van der Waals surface area contributed by atoms with Crippen LogP contribution in [0.2, 0.25) is 4.34 Å². The van der Waals surface area contributed by atoms with E-state index in [1.54, 1.807) is 6.07 Å². The number of carbonyl (C=O) groups is 3. The van der Waals surface area contributed by atoms with Crippen molar-refractivity contribution < 1.29 is 24.6 Å². The Morgan fingerprint density at radius 1 is 1.30 bits per heavy atom. The smallest absolute Gasteiger partial charge is 0.407 e. The molecule has 9 heteroatoms. The largest absolute Gasteiger partial charge is 0.481 e. The fraction of sp³-hybridized carbons (Fsp3) is 0.364. The summed E-state index contributed by atoms with van der Waals surface area (Å²) in [6.45, 7) is -0.183. The third-order valence-corrected chi connectivity index (χ3v) is 4.25. The number of amides is 2. The zero-order chi connectivity index (χ0) is 14.9. The van der Waals surface area contributed by atoms with Crippen molar-refractivity contribution in [2.24, 2.45) is 5.92 Å². The molecule has 2 heterocycles. The minimum Gasteiger partial charge on any atom is -0.481 e. The molecule has 0 radical (unpaired) electrons. The number of halogens is 1. The topological polar surface area (TPSA) is 107 Å². The van der Waals surface area contributed by atoms with Gasteiger partial charge in [0.1, 0.15) is 0 Å². The molecule has 2 rings (SSSR count). The quantitative estimate of drug-likeness (QED) is 0.776. The lowest BCUT2D eigenvalue weighted by atomic mass is 10.0. The minimum absolute atomic E-state index is 0.0445. The predicted molar refractivity (Wildman–Crippen MR) is 71.3 cm³/mol. The molecule has 0 unspecified atom stereocenters. The Morgan fingerprint density at radius 2 is 2.00 bits per heavy atom. The first kappa shape index (κ1) is 14.6. The van der Waals surface area contributed by atoms with Gasteiger partial charge in [0, 0.05) is 13.1 Å². The summed E-state index contributed by atoms with van der Waals surface area (Å²) in [6.07, 6.45) is -1.20. The summed E-state index contributed by atoms with van der Waals surface area (Å²) in [6, 6.07) is 2.34. The molecule has 1 fully saturated rings. The number of hydrogen-bond acceptors (Lipinski definition) is 4. The summed E-state index contributed by atoms with van der Waals surface area (Å²) in [7, 11) is 0. The van der Waals surface area contributed by atoms with Crippen LogP contribution < -0.4 is 5.32 Å². The number of likely N-dealkylation sites (tertiary alicyclic amines) is 1. The molecule has 1 aliphatic heterocycles. The van der Waals surface area contributed by atoms with Gasteiger partial charge in [0.15, 0.2) is 0 Å². The van der Waals surface area contributed by atoms with E-state index in [9.17, 15) is 14.4 Å². The maximum Gasteiger partial charge on any atom is 0.407 e. The Bertz CT molecular complexity index is 561. The highest BCUT2D eigenvalue weighted by Crippen LogP contribution is 2.23. The average molecular weight is 319 g/mol. The van der Waals surface area contributed by atoms with Crippen LogP contribution in [0, 0.1) is 5.92 Å². The maximum absolute atomic E-state index is 11.9. The van der Waals surface area contributed by atoms with Gasteiger partial charge >= 0.3 is 12.1 Å². The van der Waals surface area contributed by atoms with Crippen molar-refractivity contribution in [3.8, 4) is 0 Å². The van der Waals surface area contributed by atoms with Crippen molar-refractivity contribution in [2.75, 3.05) is 13.1 Å². The Labute approximate surface area is 122 Å². The van der Waals surface area contributed by atoms with Crippen LogP contribution >= 0.6 is 22.9 Å². The monoisotopic (exact) mass is 318 g/mol. The molecule has 0 saturated carbocycles. The first-order valence-electron chi connectivity index (χ1n) is 5.65. The SMILES string of the molecule is O=C(N[C@H]1CN(C(=O)O)C[C@@H]1C(=O)O)c1ccc(Cl)s1. The minimum atomic E-state index is -1.20. The zero-order valence-electron chi connectivity index (χ0n) is 10.1. The second-order valence-electron chi connectivity index (χ2n) is 4.32. The molecule has 0 aliphatic carbocycles. The van der Waals surface area contributed by atoms with Gasteiger partial charge in [-0.05, 0) is 12.1 Å². The lowest BCUT2D eigenvalue weighted by molar-refractivity contribution is -0.141. The molecule has 1 aliphatic rings. The van der Waals surface area contributed by atoms with Crippen LogP contribution in [-0.2, 0) is 4.79 Å². The lowest BCUT2D eigenvalue weighted by Gasteiger charge is -2.15. The molecular formula is C11H11ClN2O5S. The second-order valence-corrected chi connectivity index (χ2v) is 6.03. The highest BCUT2D eigenvalue weighted by molar-refractivity contribution is 7.18. The molecule has 0 spiro atoms. The highest BCUT2D eigenvalue weighted by atomic mass is 35.5. The van der Waals surface area contributed by atoms with E-state index in [2.05, 4.69) is 5.32 Å². The van der Waals surface area contributed by atoms with Crippen molar-refractivity contribution in [3.63, 3.8) is 0 Å². The van der Waals surface area contributed by atoms with E-state index in [1.807, 2.05) is 0 Å². The number of aliphatic carboxylic acids is 1. The molecule has 1 aromatic heterocycles. The Morgan fingerprint density at radius 3 is 2.50 bits per heavy atom. The van der Waals surface area contributed by atoms with E-state index in [1.165, 1.54) is 6.07 Å². The van der Waals surface area contributed by atoms with E-state index in [-0.39, 0.29) is 13.1 Å². The van der Waals surface area contributed by atoms with Crippen LogP contribution in [0.25, 0.3) is 0 Å². The van der Waals surface area contributed by atoms with E-state index < -0.39 is 29.9 Å². The fourth-order valence-corrected chi connectivity index (χ4v) is 2.98. The van der Waals surface area contributed by atoms with Gasteiger partial charge in [0.25, 0.3) is 5.91 Å². The van der Waals surface area contributed by atoms with Crippen molar-refractivity contribution in [2.45, 2.75) is 6.04 Å². The van der Waals surface area contributed by atoms with E-state index in [0.717, 1.165) is 16.2 Å². The third-order valence-electron chi connectivity index (χ3n) is 3.02. The molecule has 20 heavy (non-hydrogen) atoms. The lowest BCUT2D eigenvalue weighted by Crippen LogP contribution is -2.42. The number of carboxylic acids is 1. The summed E-state index contributed by atoms with van der Waals surface area (Å²) in [5, 5.41) is 20.5. The summed E-state index contributed by atoms with van der Waals surface area (Å²) in [5.41, 5.74) is 0. The molecule has 2 atom stereocenters. The van der Waals surface area contributed by atoms with Crippen LogP contribution in [0.3, 0.4) is 0 Å². The Kier molecular flexibility index (Phi) is 4.15. The van der Waals surface area contributed by atoms with Crippen LogP contribution in [0.5, 0.6) is 0 Å². The number of hydrogen-bond donors (Lipinski definition) is 3. The van der Waals surface area contributed by atoms with Crippen LogP contribution in [0.15, 0.2) is 12.1 Å². The van der Waals surface area contributed by atoms with E-state index in [0.29, 0.717) is 9.21 Å². The molecule has 1 saturated heterocycles. The average Bonchev–Trinajstić information content (AvgIpc) is 2.95. The van der Waals surface area contributed by atoms with Gasteiger partial charge in [-0.1, -0.05) is 11.6 Å². The van der Waals surface area contributed by atoms with Gasteiger partial charge in [-0.25, -0.2) is 4.79 Å². The molecule has 0 bridgehead atoms. The molecule has 108 valence electrons. The van der Waals surface area contributed by atoms with Gasteiger partial charge in [-0.15, -0.1) is 11.3 Å². The molecule has 7 nitrogen and oxygen atoms in total. The maximum atomic E-state index is 11.9. The van der Waals surface area contributed by atoms with Gasteiger partial charge in [-0.2, -0.15) is 0 Å². The Balaban J connectivity index is 2.08. The van der Waals surface area contributed by atoms with Gasteiger partial charge in [-0.3, -0.25) is 9.59 Å². The van der Waals surface area contributed by atoms with Crippen molar-refractivity contribution in [3.05, 3.63) is 21.3 Å². The molecule has 3 N–H and O–H groups in total. The fourth-order valence-electron chi connectivity index (χ4n) is 2.03. The summed E-state index contributed by atoms with van der Waals surface area (Å²) in [5.74, 6) is -2.54. The number of carbonyl (C=O) groups excluding carboxylic acids is 1. The van der Waals surface area contributed by atoms with E-state index >= 15 is 0 Å². The first-order valence-corrected chi connectivity index (χ1v) is 6.85. The van der Waals surface area contributed by atoms with E-state index in [4.69, 9.17) is 21.8 Å². The summed E-state index contributed by atoms with van der Waals surface area (Å²) < 4.78 is 0.448. The van der Waals surface area contributed by atoms with Gasteiger partial charge in [0.05, 0.1) is 21.2 Å². The van der Waals surface area contributed by atoms with Gasteiger partial charge in [0.2, 0.25) is 0 Å². The number of nitrogens with one attached hydrogen (secondary N) is 1. The third kappa shape index (κ3) is 3.02. The van der Waals surface area contributed by atoms with Crippen molar-refractivity contribution in [1.82, 2.24) is 10.2 Å². The normalized spacial score (nSPS) is 21.8. The van der Waals surface area contributed by atoms with Crippen molar-refractivity contribution in [1.29, 1.82) is 0 Å². The summed E-state index contributed by atoms with van der Waals surface area (Å²) in [4.78, 5) is 35.3.